The summed E-state index contributed by atoms with van der Waals surface area (Å²) in [6.07, 6.45) is 4.30. The lowest BCUT2D eigenvalue weighted by Crippen LogP contribution is -2.27. The molecule has 82 valence electrons. The summed E-state index contributed by atoms with van der Waals surface area (Å²) in [6, 6.07) is 0. The van der Waals surface area contributed by atoms with Crippen LogP contribution in [0, 0.1) is 5.92 Å². The second kappa shape index (κ2) is 6.02. The summed E-state index contributed by atoms with van der Waals surface area (Å²) < 4.78 is 5.46. The Bertz CT molecular complexity index is 174. The van der Waals surface area contributed by atoms with E-state index >= 15 is 0 Å². The van der Waals surface area contributed by atoms with E-state index in [9.17, 15) is 4.79 Å². The highest BCUT2D eigenvalue weighted by Gasteiger charge is 2.15. The van der Waals surface area contributed by atoms with Crippen LogP contribution in [0.2, 0.25) is 0 Å². The number of hydrogen-bond acceptors (Lipinski definition) is 2. The molecule has 1 aliphatic rings. The molecular weight excluding hydrogens is 178 g/mol. The predicted molar refractivity (Wildman–Crippen MR) is 56.1 cm³/mol. The zero-order valence-electron chi connectivity index (χ0n) is 9.21. The van der Waals surface area contributed by atoms with Crippen LogP contribution >= 0.6 is 0 Å². The summed E-state index contributed by atoms with van der Waals surface area (Å²) in [5.74, 6) is 0.607. The zero-order valence-corrected chi connectivity index (χ0v) is 9.21. The molecule has 0 aromatic carbocycles. The van der Waals surface area contributed by atoms with Gasteiger partial charge in [-0.2, -0.15) is 0 Å². The van der Waals surface area contributed by atoms with E-state index in [-0.39, 0.29) is 5.91 Å². The Morgan fingerprint density at radius 1 is 1.57 bits per heavy atom. The minimum atomic E-state index is 0.165. The van der Waals surface area contributed by atoms with E-state index in [2.05, 4.69) is 19.2 Å². The molecule has 14 heavy (non-hydrogen) atoms. The van der Waals surface area contributed by atoms with Crippen molar-refractivity contribution in [2.75, 3.05) is 13.2 Å². The lowest BCUT2D eigenvalue weighted by Gasteiger charge is -2.10. The van der Waals surface area contributed by atoms with Crippen molar-refractivity contribution in [1.29, 1.82) is 0 Å². The van der Waals surface area contributed by atoms with E-state index in [1.54, 1.807) is 0 Å². The number of carbonyl (C=O) groups excluding carboxylic acids is 1. The summed E-state index contributed by atoms with van der Waals surface area (Å²) in [5.41, 5.74) is 0. The Morgan fingerprint density at radius 3 is 2.93 bits per heavy atom. The van der Waals surface area contributed by atoms with Crippen molar-refractivity contribution in [2.45, 2.75) is 45.6 Å². The van der Waals surface area contributed by atoms with E-state index in [4.69, 9.17) is 4.74 Å². The van der Waals surface area contributed by atoms with Crippen molar-refractivity contribution in [3.05, 3.63) is 0 Å². The molecule has 3 nitrogen and oxygen atoms in total. The van der Waals surface area contributed by atoms with Crippen LogP contribution in [-0.2, 0) is 9.53 Å². The minimum Gasteiger partial charge on any atom is -0.378 e. The van der Waals surface area contributed by atoms with E-state index in [1.165, 1.54) is 6.42 Å². The van der Waals surface area contributed by atoms with Crippen molar-refractivity contribution in [3.63, 3.8) is 0 Å². The number of ether oxygens (including phenoxy) is 1. The summed E-state index contributed by atoms with van der Waals surface area (Å²) in [4.78, 5) is 11.3. The van der Waals surface area contributed by atoms with E-state index in [0.29, 0.717) is 18.4 Å². The molecule has 0 aliphatic carbocycles. The normalized spacial score (nSPS) is 21.5. The highest BCUT2D eigenvalue weighted by atomic mass is 16.5. The van der Waals surface area contributed by atoms with Gasteiger partial charge >= 0.3 is 0 Å². The average molecular weight is 199 g/mol. The lowest BCUT2D eigenvalue weighted by molar-refractivity contribution is -0.121. The van der Waals surface area contributed by atoms with Gasteiger partial charge in [0, 0.05) is 19.6 Å². The highest BCUT2D eigenvalue weighted by Crippen LogP contribution is 2.14. The molecule has 0 aromatic rings. The van der Waals surface area contributed by atoms with Crippen LogP contribution in [0.1, 0.15) is 39.5 Å². The Kier molecular flexibility index (Phi) is 4.94. The smallest absolute Gasteiger partial charge is 0.220 e. The second-order valence-corrected chi connectivity index (χ2v) is 4.37. The molecule has 1 saturated heterocycles. The third-order valence-corrected chi connectivity index (χ3v) is 2.41. The Morgan fingerprint density at radius 2 is 2.36 bits per heavy atom. The number of amides is 1. The third kappa shape index (κ3) is 4.61. The first-order valence-electron chi connectivity index (χ1n) is 5.57. The van der Waals surface area contributed by atoms with Crippen molar-refractivity contribution in [3.8, 4) is 0 Å². The predicted octanol–water partition coefficient (Wildman–Crippen LogP) is 1.72. The van der Waals surface area contributed by atoms with Crippen LogP contribution in [0.4, 0.5) is 0 Å². The largest absolute Gasteiger partial charge is 0.378 e. The fraction of sp³-hybridized carbons (Fsp3) is 0.909. The molecule has 1 unspecified atom stereocenters. The number of rotatable bonds is 5. The molecule has 0 saturated carbocycles. The molecule has 0 bridgehead atoms. The van der Waals surface area contributed by atoms with Gasteiger partial charge in [-0.15, -0.1) is 0 Å². The van der Waals surface area contributed by atoms with Crippen LogP contribution in [0.15, 0.2) is 0 Å². The number of hydrogen-bond donors (Lipinski definition) is 1. The topological polar surface area (TPSA) is 38.3 Å². The molecule has 1 heterocycles. The number of nitrogens with one attached hydrogen (secondary N) is 1. The first-order chi connectivity index (χ1) is 6.68. The van der Waals surface area contributed by atoms with Crippen molar-refractivity contribution in [1.82, 2.24) is 5.32 Å². The third-order valence-electron chi connectivity index (χ3n) is 2.41. The van der Waals surface area contributed by atoms with Crippen LogP contribution in [-0.4, -0.2) is 25.2 Å². The van der Waals surface area contributed by atoms with E-state index in [0.717, 1.165) is 26.0 Å². The maximum Gasteiger partial charge on any atom is 0.220 e. The van der Waals surface area contributed by atoms with Gasteiger partial charge in [-0.05, 0) is 25.2 Å². The minimum absolute atomic E-state index is 0.165. The molecule has 1 aliphatic heterocycles. The molecule has 0 radical (unpaired) electrons. The quantitative estimate of drug-likeness (QED) is 0.732. The van der Waals surface area contributed by atoms with Gasteiger partial charge in [0.25, 0.3) is 0 Å². The van der Waals surface area contributed by atoms with Gasteiger partial charge in [0.2, 0.25) is 5.91 Å². The average Bonchev–Trinajstić information content (AvgIpc) is 2.55. The highest BCUT2D eigenvalue weighted by molar-refractivity contribution is 5.75. The van der Waals surface area contributed by atoms with Crippen LogP contribution in [0.25, 0.3) is 0 Å². The van der Waals surface area contributed by atoms with Crippen molar-refractivity contribution < 1.29 is 9.53 Å². The molecule has 0 aromatic heterocycles. The maximum atomic E-state index is 11.3. The summed E-state index contributed by atoms with van der Waals surface area (Å²) in [7, 11) is 0. The van der Waals surface area contributed by atoms with Crippen molar-refractivity contribution in [2.24, 2.45) is 5.92 Å². The van der Waals surface area contributed by atoms with E-state index < -0.39 is 0 Å². The molecule has 3 heteroatoms. The fourth-order valence-corrected chi connectivity index (χ4v) is 1.69. The SMILES string of the molecule is CC(C)CC(=O)NCCC1CCCO1. The summed E-state index contributed by atoms with van der Waals surface area (Å²) in [6.45, 7) is 5.76. The Balaban J connectivity index is 1.99. The molecule has 1 atom stereocenters. The first-order valence-corrected chi connectivity index (χ1v) is 5.57. The summed E-state index contributed by atoms with van der Waals surface area (Å²) in [5, 5.41) is 2.92. The van der Waals surface area contributed by atoms with Gasteiger partial charge in [0.15, 0.2) is 0 Å². The molecular formula is C11H21NO2. The molecule has 1 N–H and O–H groups in total. The molecule has 0 spiro atoms. The van der Waals surface area contributed by atoms with E-state index in [1.807, 2.05) is 0 Å². The van der Waals surface area contributed by atoms with Gasteiger partial charge < -0.3 is 10.1 Å². The Hall–Kier alpha value is -0.570. The standard InChI is InChI=1S/C11H21NO2/c1-9(2)8-11(13)12-6-5-10-4-3-7-14-10/h9-10H,3-8H2,1-2H3,(H,12,13). The monoisotopic (exact) mass is 199 g/mol. The fourth-order valence-electron chi connectivity index (χ4n) is 1.69. The van der Waals surface area contributed by atoms with Gasteiger partial charge in [-0.1, -0.05) is 13.8 Å². The van der Waals surface area contributed by atoms with Crippen LogP contribution < -0.4 is 5.32 Å². The Labute approximate surface area is 86.2 Å². The number of carbonyl (C=O) groups is 1. The summed E-state index contributed by atoms with van der Waals surface area (Å²) >= 11 is 0. The van der Waals surface area contributed by atoms with Gasteiger partial charge in [-0.3, -0.25) is 4.79 Å². The first kappa shape index (κ1) is 11.5. The maximum absolute atomic E-state index is 11.3. The van der Waals surface area contributed by atoms with Gasteiger partial charge in [0.1, 0.15) is 0 Å². The van der Waals surface area contributed by atoms with Gasteiger partial charge in [-0.25, -0.2) is 0 Å². The zero-order chi connectivity index (χ0) is 10.4. The molecule has 1 rings (SSSR count). The van der Waals surface area contributed by atoms with Crippen LogP contribution in [0.5, 0.6) is 0 Å². The molecule has 1 fully saturated rings. The second-order valence-electron chi connectivity index (χ2n) is 4.37. The molecule has 1 amide bonds. The lowest BCUT2D eigenvalue weighted by atomic mass is 10.1. The van der Waals surface area contributed by atoms with Crippen LogP contribution in [0.3, 0.4) is 0 Å². The van der Waals surface area contributed by atoms with Crippen molar-refractivity contribution >= 4 is 5.91 Å². The van der Waals surface area contributed by atoms with Gasteiger partial charge in [0.05, 0.1) is 6.10 Å².